The molecule has 0 bridgehead atoms. The summed E-state index contributed by atoms with van der Waals surface area (Å²) in [7, 11) is 1.33. The number of halogens is 1. The van der Waals surface area contributed by atoms with E-state index in [2.05, 4.69) is 41.2 Å². The molecule has 0 spiro atoms. The number of fused-ring (bicyclic) bond motifs is 1. The van der Waals surface area contributed by atoms with Gasteiger partial charge in [-0.15, -0.1) is 0 Å². The van der Waals surface area contributed by atoms with E-state index in [1.54, 1.807) is 12.1 Å². The normalized spacial score (nSPS) is 13.8. The lowest BCUT2D eigenvalue weighted by atomic mass is 9.95. The summed E-state index contributed by atoms with van der Waals surface area (Å²) in [5.74, 6) is -0.297. The molecule has 8 nitrogen and oxygen atoms in total. The Morgan fingerprint density at radius 1 is 1.20 bits per heavy atom. The SMILES string of the molecule is CCC(CC)N1CCc2c(ccc(COc3c(C)cccc3-c3cccc(N/C(OC)=C(\C=N)C(=O)O)n3)c2Cl)C1. The van der Waals surface area contributed by atoms with E-state index in [1.807, 2.05) is 31.2 Å². The Kier molecular flexibility index (Phi) is 10.0. The van der Waals surface area contributed by atoms with Crippen molar-refractivity contribution in [2.24, 2.45) is 0 Å². The highest BCUT2D eigenvalue weighted by Crippen LogP contribution is 2.35. The Labute approximate surface area is 246 Å². The van der Waals surface area contributed by atoms with Gasteiger partial charge in [-0.3, -0.25) is 4.90 Å². The molecule has 4 rings (SSSR count). The van der Waals surface area contributed by atoms with Crippen LogP contribution in [0.2, 0.25) is 5.02 Å². The number of benzene rings is 2. The van der Waals surface area contributed by atoms with Crippen molar-refractivity contribution in [3.8, 4) is 17.0 Å². The average Bonchev–Trinajstić information content (AvgIpc) is 2.97. The number of ether oxygens (including phenoxy) is 2. The lowest BCUT2D eigenvalue weighted by molar-refractivity contribution is -0.132. The van der Waals surface area contributed by atoms with Crippen LogP contribution in [0.1, 0.15) is 48.9 Å². The monoisotopic (exact) mass is 576 g/mol. The maximum atomic E-state index is 11.5. The van der Waals surface area contributed by atoms with Gasteiger partial charge in [0.05, 0.1) is 17.8 Å². The van der Waals surface area contributed by atoms with Crippen LogP contribution >= 0.6 is 11.6 Å². The summed E-state index contributed by atoms with van der Waals surface area (Å²) in [6.45, 7) is 8.73. The van der Waals surface area contributed by atoms with Crippen molar-refractivity contribution >= 4 is 29.6 Å². The van der Waals surface area contributed by atoms with Crippen molar-refractivity contribution in [1.82, 2.24) is 9.88 Å². The number of para-hydroxylation sites is 1. The fourth-order valence-electron chi connectivity index (χ4n) is 5.33. The third-order valence-electron chi connectivity index (χ3n) is 7.58. The van der Waals surface area contributed by atoms with E-state index >= 15 is 0 Å². The van der Waals surface area contributed by atoms with Crippen LogP contribution in [0.15, 0.2) is 60.0 Å². The number of nitrogens with zero attached hydrogens (tertiary/aromatic N) is 2. The number of nitrogens with one attached hydrogen (secondary N) is 2. The molecular weight excluding hydrogens is 540 g/mol. The smallest absolute Gasteiger partial charge is 0.342 e. The van der Waals surface area contributed by atoms with E-state index in [9.17, 15) is 9.90 Å². The van der Waals surface area contributed by atoms with Gasteiger partial charge in [0.25, 0.3) is 0 Å². The zero-order valence-electron chi connectivity index (χ0n) is 24.0. The minimum atomic E-state index is -1.28. The highest BCUT2D eigenvalue weighted by atomic mass is 35.5. The third-order valence-corrected chi connectivity index (χ3v) is 8.05. The number of aryl methyl sites for hydroxylation is 1. The molecule has 3 aromatic rings. The maximum Gasteiger partial charge on any atom is 0.342 e. The quantitative estimate of drug-likeness (QED) is 0.123. The summed E-state index contributed by atoms with van der Waals surface area (Å²) < 4.78 is 11.6. The summed E-state index contributed by atoms with van der Waals surface area (Å²) in [4.78, 5) is 18.7. The predicted molar refractivity (Wildman–Crippen MR) is 163 cm³/mol. The van der Waals surface area contributed by atoms with Crippen molar-refractivity contribution in [3.05, 3.63) is 87.3 Å². The van der Waals surface area contributed by atoms with E-state index in [4.69, 9.17) is 26.5 Å². The van der Waals surface area contributed by atoms with Gasteiger partial charge in [0, 0.05) is 36.5 Å². The van der Waals surface area contributed by atoms with Crippen LogP contribution < -0.4 is 10.1 Å². The summed E-state index contributed by atoms with van der Waals surface area (Å²) >= 11 is 6.93. The second-order valence-electron chi connectivity index (χ2n) is 10.0. The topological polar surface area (TPSA) is 108 Å². The van der Waals surface area contributed by atoms with Crippen LogP contribution in [0.4, 0.5) is 5.82 Å². The molecule has 1 aliphatic heterocycles. The second-order valence-corrected chi connectivity index (χ2v) is 10.4. The number of aromatic nitrogens is 1. The van der Waals surface area contributed by atoms with E-state index in [0.717, 1.165) is 60.3 Å². The van der Waals surface area contributed by atoms with Crippen molar-refractivity contribution in [2.75, 3.05) is 19.0 Å². The Morgan fingerprint density at radius 3 is 2.63 bits per heavy atom. The largest absolute Gasteiger partial charge is 0.488 e. The molecule has 9 heteroatoms. The summed E-state index contributed by atoms with van der Waals surface area (Å²) in [6, 6.07) is 16.1. The number of pyridine rings is 1. The predicted octanol–water partition coefficient (Wildman–Crippen LogP) is 6.84. The number of aliphatic carboxylic acids is 1. The molecule has 1 aliphatic rings. The van der Waals surface area contributed by atoms with Crippen LogP contribution in [0.3, 0.4) is 0 Å². The molecule has 216 valence electrons. The van der Waals surface area contributed by atoms with Crippen molar-refractivity contribution in [3.63, 3.8) is 0 Å². The molecule has 0 atom stereocenters. The molecule has 2 aromatic carbocycles. The van der Waals surface area contributed by atoms with E-state index in [0.29, 0.717) is 29.9 Å². The standard InChI is InChI=1S/C32H37ClN4O4/c1-5-23(6-2)37-16-15-24-21(18-37)13-14-22(29(24)33)19-41-30-20(3)9-7-10-25(30)27-11-8-12-28(35-27)36-31(40-4)26(17-34)32(38)39/h7-14,17,23,34H,5-6,15-16,18-19H2,1-4H3,(H,35,36)(H,38,39)/b31-26-,34-17?. The number of rotatable bonds is 12. The summed E-state index contributed by atoms with van der Waals surface area (Å²) in [6.07, 6.45) is 3.95. The maximum absolute atomic E-state index is 11.5. The Hall–Kier alpha value is -3.88. The van der Waals surface area contributed by atoms with Gasteiger partial charge in [-0.05, 0) is 61.1 Å². The minimum Gasteiger partial charge on any atom is -0.488 e. The van der Waals surface area contributed by atoms with Gasteiger partial charge in [-0.1, -0.05) is 55.8 Å². The number of methoxy groups -OCH3 is 1. The lowest BCUT2D eigenvalue weighted by Crippen LogP contribution is -2.38. The van der Waals surface area contributed by atoms with Crippen LogP contribution in [0.25, 0.3) is 11.3 Å². The van der Waals surface area contributed by atoms with Crippen molar-refractivity contribution in [2.45, 2.75) is 59.2 Å². The third kappa shape index (κ3) is 6.72. The van der Waals surface area contributed by atoms with Gasteiger partial charge in [0.1, 0.15) is 23.7 Å². The number of carboxylic acid groups (broad SMARTS) is 1. The van der Waals surface area contributed by atoms with Gasteiger partial charge in [0.15, 0.2) is 0 Å². The number of hydrogen-bond donors (Lipinski definition) is 3. The van der Waals surface area contributed by atoms with Crippen LogP contribution in [-0.4, -0.2) is 46.9 Å². The first-order valence-electron chi connectivity index (χ1n) is 13.8. The molecule has 0 aliphatic carbocycles. The highest BCUT2D eigenvalue weighted by molar-refractivity contribution is 6.32. The summed E-state index contributed by atoms with van der Waals surface area (Å²) in [5, 5.41) is 20.4. The fourth-order valence-corrected chi connectivity index (χ4v) is 5.66. The first-order chi connectivity index (χ1) is 19.8. The number of carboxylic acids is 1. The minimum absolute atomic E-state index is 0.0806. The Balaban J connectivity index is 1.58. The molecule has 0 unspecified atom stereocenters. The second kappa shape index (κ2) is 13.7. The molecular formula is C32H37ClN4O4. The molecule has 0 amide bonds. The molecule has 41 heavy (non-hydrogen) atoms. The van der Waals surface area contributed by atoms with Crippen LogP contribution in [0.5, 0.6) is 5.75 Å². The van der Waals surface area contributed by atoms with Gasteiger partial charge >= 0.3 is 5.97 Å². The molecule has 1 aromatic heterocycles. The first kappa shape index (κ1) is 30.1. The lowest BCUT2D eigenvalue weighted by Gasteiger charge is -2.35. The Morgan fingerprint density at radius 2 is 1.95 bits per heavy atom. The van der Waals surface area contributed by atoms with E-state index in [1.165, 1.54) is 18.2 Å². The summed E-state index contributed by atoms with van der Waals surface area (Å²) in [5.41, 5.74) is 5.51. The average molecular weight is 577 g/mol. The zero-order valence-corrected chi connectivity index (χ0v) is 24.7. The molecule has 0 radical (unpaired) electrons. The first-order valence-corrected chi connectivity index (χ1v) is 14.2. The molecule has 0 fully saturated rings. The zero-order chi connectivity index (χ0) is 29.5. The molecule has 0 saturated carbocycles. The van der Waals surface area contributed by atoms with Gasteiger partial charge < -0.3 is 25.3 Å². The van der Waals surface area contributed by atoms with Gasteiger partial charge in [0.2, 0.25) is 5.88 Å². The molecule has 3 N–H and O–H groups in total. The van der Waals surface area contributed by atoms with E-state index < -0.39 is 5.97 Å². The molecule has 2 heterocycles. The number of carbonyl (C=O) groups is 1. The van der Waals surface area contributed by atoms with Crippen molar-refractivity contribution in [1.29, 1.82) is 5.41 Å². The van der Waals surface area contributed by atoms with Crippen LogP contribution in [-0.2, 0) is 29.1 Å². The van der Waals surface area contributed by atoms with Gasteiger partial charge in [-0.2, -0.15) is 0 Å². The van der Waals surface area contributed by atoms with Crippen molar-refractivity contribution < 1.29 is 19.4 Å². The number of hydrogen-bond acceptors (Lipinski definition) is 7. The highest BCUT2D eigenvalue weighted by Gasteiger charge is 2.24. The van der Waals surface area contributed by atoms with Gasteiger partial charge in [-0.25, -0.2) is 9.78 Å². The number of anilines is 1. The van der Waals surface area contributed by atoms with E-state index in [-0.39, 0.29) is 11.5 Å². The Bertz CT molecular complexity index is 1450. The molecule has 0 saturated heterocycles. The van der Waals surface area contributed by atoms with Crippen LogP contribution in [0, 0.1) is 12.3 Å². The fraction of sp³-hybridized carbons (Fsp3) is 0.344.